The van der Waals surface area contributed by atoms with Crippen LogP contribution in [0.5, 0.6) is 0 Å². The fourth-order valence-electron chi connectivity index (χ4n) is 8.76. The van der Waals surface area contributed by atoms with Gasteiger partial charge in [0.05, 0.1) is 6.04 Å². The van der Waals surface area contributed by atoms with E-state index in [9.17, 15) is 0 Å². The van der Waals surface area contributed by atoms with E-state index in [0.717, 1.165) is 29.2 Å². The number of benzene rings is 8. The maximum absolute atomic E-state index is 2.43. The highest BCUT2D eigenvalue weighted by atomic mass is 15.2. The SMILES string of the molecule is C1=CC(C2=CCC(c3ccccc3N(c3ccccc3)c3ccc(-c4ccccc4)cc3)C=C2)=CC(N(c2ccccc2)c2ccc(-c3ccc4ccccc4c3)cc2)C=C1. The molecule has 0 spiro atoms. The Bertz CT molecular complexity index is 2920. The average molecular weight is 783 g/mol. The van der Waals surface area contributed by atoms with Gasteiger partial charge in [-0.25, -0.2) is 0 Å². The molecule has 0 saturated carbocycles. The minimum absolute atomic E-state index is 0.000576. The van der Waals surface area contributed by atoms with Crippen LogP contribution in [-0.4, -0.2) is 6.04 Å². The summed E-state index contributed by atoms with van der Waals surface area (Å²) < 4.78 is 0. The third kappa shape index (κ3) is 8.05. The number of para-hydroxylation sites is 3. The van der Waals surface area contributed by atoms with Crippen molar-refractivity contribution in [1.29, 1.82) is 0 Å². The lowest BCUT2D eigenvalue weighted by Crippen LogP contribution is -2.28. The van der Waals surface area contributed by atoms with E-state index in [1.807, 2.05) is 0 Å². The number of anilines is 5. The van der Waals surface area contributed by atoms with E-state index in [-0.39, 0.29) is 12.0 Å². The Labute approximate surface area is 359 Å². The molecule has 61 heavy (non-hydrogen) atoms. The van der Waals surface area contributed by atoms with Gasteiger partial charge in [0, 0.05) is 34.4 Å². The summed E-state index contributed by atoms with van der Waals surface area (Å²) in [5.41, 5.74) is 14.4. The summed E-state index contributed by atoms with van der Waals surface area (Å²) in [7, 11) is 0. The second-order valence-electron chi connectivity index (χ2n) is 15.7. The summed E-state index contributed by atoms with van der Waals surface area (Å²) in [6.45, 7) is 0. The van der Waals surface area contributed by atoms with Gasteiger partial charge in [0.25, 0.3) is 0 Å². The normalized spacial score (nSPS) is 15.8. The van der Waals surface area contributed by atoms with E-state index >= 15 is 0 Å². The van der Waals surface area contributed by atoms with Gasteiger partial charge in [-0.3, -0.25) is 0 Å². The molecule has 0 amide bonds. The lowest BCUT2D eigenvalue weighted by atomic mass is 9.86. The predicted molar refractivity (Wildman–Crippen MR) is 259 cm³/mol. The van der Waals surface area contributed by atoms with Crippen molar-refractivity contribution >= 4 is 39.2 Å². The molecule has 2 nitrogen and oxygen atoms in total. The van der Waals surface area contributed by atoms with Crippen molar-refractivity contribution in [2.45, 2.75) is 18.4 Å². The lowest BCUT2D eigenvalue weighted by molar-refractivity contribution is 0.845. The summed E-state index contributed by atoms with van der Waals surface area (Å²) in [6, 6.07) is 74.2. The van der Waals surface area contributed by atoms with Crippen molar-refractivity contribution in [3.05, 3.63) is 272 Å². The Balaban J connectivity index is 0.936. The fourth-order valence-corrected chi connectivity index (χ4v) is 8.76. The highest BCUT2D eigenvalue weighted by Gasteiger charge is 2.23. The van der Waals surface area contributed by atoms with Gasteiger partial charge in [-0.15, -0.1) is 0 Å². The second kappa shape index (κ2) is 17.3. The number of nitrogens with zero attached hydrogens (tertiary/aromatic N) is 2. The molecule has 0 fully saturated rings. The lowest BCUT2D eigenvalue weighted by Gasteiger charge is -2.31. The van der Waals surface area contributed by atoms with E-state index in [0.29, 0.717) is 0 Å². The van der Waals surface area contributed by atoms with Crippen molar-refractivity contribution in [2.24, 2.45) is 0 Å². The van der Waals surface area contributed by atoms with Crippen LogP contribution in [-0.2, 0) is 0 Å². The largest absolute Gasteiger partial charge is 0.331 e. The first-order valence-corrected chi connectivity index (χ1v) is 21.2. The van der Waals surface area contributed by atoms with Crippen LogP contribution in [0.1, 0.15) is 17.9 Å². The van der Waals surface area contributed by atoms with Gasteiger partial charge in [0.15, 0.2) is 0 Å². The summed E-state index contributed by atoms with van der Waals surface area (Å²) >= 11 is 0. The van der Waals surface area contributed by atoms with Gasteiger partial charge < -0.3 is 9.80 Å². The molecule has 0 radical (unpaired) electrons. The van der Waals surface area contributed by atoms with Gasteiger partial charge in [0.1, 0.15) is 0 Å². The van der Waals surface area contributed by atoms with Crippen LogP contribution in [0.25, 0.3) is 33.0 Å². The summed E-state index contributed by atoms with van der Waals surface area (Å²) in [5, 5.41) is 2.51. The topological polar surface area (TPSA) is 6.48 Å². The minimum atomic E-state index is -0.000576. The molecule has 2 aliphatic rings. The van der Waals surface area contributed by atoms with Crippen molar-refractivity contribution in [3.8, 4) is 22.3 Å². The summed E-state index contributed by atoms with van der Waals surface area (Å²) in [6.07, 6.45) is 19.4. The van der Waals surface area contributed by atoms with Gasteiger partial charge in [-0.05, 0) is 117 Å². The zero-order valence-corrected chi connectivity index (χ0v) is 34.0. The quantitative estimate of drug-likeness (QED) is 0.136. The Morgan fingerprint density at radius 3 is 1.67 bits per heavy atom. The zero-order chi connectivity index (χ0) is 40.8. The molecule has 2 aliphatic carbocycles. The molecular weight excluding hydrogens is 737 g/mol. The molecule has 2 atom stereocenters. The van der Waals surface area contributed by atoms with E-state index in [2.05, 4.69) is 265 Å². The van der Waals surface area contributed by atoms with E-state index in [4.69, 9.17) is 0 Å². The fraction of sp³-hybridized carbons (Fsp3) is 0.0508. The van der Waals surface area contributed by atoms with Crippen molar-refractivity contribution < 1.29 is 0 Å². The van der Waals surface area contributed by atoms with E-state index in [1.165, 1.54) is 55.4 Å². The predicted octanol–water partition coefficient (Wildman–Crippen LogP) is 15.9. The second-order valence-corrected chi connectivity index (χ2v) is 15.7. The molecule has 0 bridgehead atoms. The van der Waals surface area contributed by atoms with Gasteiger partial charge in [-0.1, -0.05) is 194 Å². The number of hydrogen-bond acceptors (Lipinski definition) is 2. The van der Waals surface area contributed by atoms with Crippen LogP contribution < -0.4 is 9.80 Å². The van der Waals surface area contributed by atoms with E-state index < -0.39 is 0 Å². The van der Waals surface area contributed by atoms with Crippen LogP contribution in [0.2, 0.25) is 0 Å². The average Bonchev–Trinajstić information content (AvgIpc) is 3.60. The number of allylic oxidation sites excluding steroid dienone is 8. The van der Waals surface area contributed by atoms with Gasteiger partial charge in [0.2, 0.25) is 0 Å². The Hall–Kier alpha value is -7.68. The molecule has 292 valence electrons. The molecule has 2 unspecified atom stereocenters. The molecule has 0 aromatic heterocycles. The number of hydrogen-bond donors (Lipinski definition) is 0. The minimum Gasteiger partial charge on any atom is -0.331 e. The first kappa shape index (κ1) is 37.6. The Morgan fingerprint density at radius 1 is 0.393 bits per heavy atom. The molecule has 0 heterocycles. The van der Waals surface area contributed by atoms with E-state index in [1.54, 1.807) is 0 Å². The van der Waals surface area contributed by atoms with Crippen LogP contribution in [0.15, 0.2) is 266 Å². The summed E-state index contributed by atoms with van der Waals surface area (Å²) in [5.74, 6) is 0.223. The van der Waals surface area contributed by atoms with Gasteiger partial charge in [-0.2, -0.15) is 0 Å². The van der Waals surface area contributed by atoms with Crippen LogP contribution >= 0.6 is 0 Å². The number of rotatable bonds is 10. The van der Waals surface area contributed by atoms with Crippen LogP contribution in [0.3, 0.4) is 0 Å². The third-order valence-electron chi connectivity index (χ3n) is 11.9. The van der Waals surface area contributed by atoms with Crippen LogP contribution in [0.4, 0.5) is 28.4 Å². The molecular formula is C59H46N2. The molecule has 8 aromatic rings. The van der Waals surface area contributed by atoms with Crippen molar-refractivity contribution in [3.63, 3.8) is 0 Å². The van der Waals surface area contributed by atoms with Crippen molar-refractivity contribution in [1.82, 2.24) is 0 Å². The molecule has 8 aromatic carbocycles. The molecule has 10 rings (SSSR count). The standard InChI is InChI=1S/C59H46N2/c1-4-16-44(17-5-1)46-34-40-56(41-35-46)61(54-23-8-3-9-24-54)59-27-15-14-26-58(59)49-31-28-47(29-32-49)51-20-12-13-25-57(43-51)60(53-21-6-2-7-22-53)55-38-36-48(37-39-55)52-33-30-45-18-10-11-19-50(45)42-52/h1-31,33-43,49,57H,32H2. The molecule has 0 saturated heterocycles. The zero-order valence-electron chi connectivity index (χ0n) is 34.0. The molecule has 0 aliphatic heterocycles. The monoisotopic (exact) mass is 782 g/mol. The van der Waals surface area contributed by atoms with Gasteiger partial charge >= 0.3 is 0 Å². The highest BCUT2D eigenvalue weighted by molar-refractivity contribution is 5.88. The first-order valence-electron chi connectivity index (χ1n) is 21.2. The Kier molecular flexibility index (Phi) is 10.6. The highest BCUT2D eigenvalue weighted by Crippen LogP contribution is 2.43. The summed E-state index contributed by atoms with van der Waals surface area (Å²) in [4.78, 5) is 4.83. The smallest absolute Gasteiger partial charge is 0.0718 e. The molecule has 0 N–H and O–H groups in total. The maximum Gasteiger partial charge on any atom is 0.0718 e. The van der Waals surface area contributed by atoms with Crippen LogP contribution in [0, 0.1) is 0 Å². The van der Waals surface area contributed by atoms with Crippen molar-refractivity contribution in [2.75, 3.05) is 9.80 Å². The Morgan fingerprint density at radius 2 is 0.951 bits per heavy atom. The first-order chi connectivity index (χ1) is 30.2. The molecule has 2 heteroatoms. The maximum atomic E-state index is 2.43. The third-order valence-corrected chi connectivity index (χ3v) is 11.9. The number of fused-ring (bicyclic) bond motifs is 1.